The lowest BCUT2D eigenvalue weighted by atomic mass is 10.1. The summed E-state index contributed by atoms with van der Waals surface area (Å²) in [6, 6.07) is 11.9. The summed E-state index contributed by atoms with van der Waals surface area (Å²) in [6.07, 6.45) is 1.83. The van der Waals surface area contributed by atoms with Gasteiger partial charge in [-0.25, -0.2) is 14.4 Å². The van der Waals surface area contributed by atoms with Crippen LogP contribution in [0.2, 0.25) is 5.02 Å². The molecule has 1 fully saturated rings. The minimum atomic E-state index is -0.311. The Hall–Kier alpha value is -2.73. The summed E-state index contributed by atoms with van der Waals surface area (Å²) in [6.45, 7) is 2.48. The minimum absolute atomic E-state index is 0.0792. The first kappa shape index (κ1) is 17.7. The third kappa shape index (κ3) is 3.85. The monoisotopic (exact) mass is 384 g/mol. The van der Waals surface area contributed by atoms with Crippen molar-refractivity contribution < 1.29 is 9.18 Å². The lowest BCUT2D eigenvalue weighted by Crippen LogP contribution is -2.49. The fourth-order valence-corrected chi connectivity index (χ4v) is 3.58. The van der Waals surface area contributed by atoms with Crippen LogP contribution in [0, 0.1) is 5.82 Å². The maximum Gasteiger partial charge on any atom is 0.227 e. The van der Waals surface area contributed by atoms with Crippen molar-refractivity contribution in [3.8, 4) is 0 Å². The Bertz CT molecular complexity index is 989. The molecule has 2 heterocycles. The van der Waals surface area contributed by atoms with Crippen molar-refractivity contribution in [2.75, 3.05) is 31.1 Å². The van der Waals surface area contributed by atoms with Crippen LogP contribution < -0.4 is 4.90 Å². The van der Waals surface area contributed by atoms with E-state index in [1.54, 1.807) is 12.1 Å². The van der Waals surface area contributed by atoms with E-state index in [4.69, 9.17) is 11.6 Å². The van der Waals surface area contributed by atoms with Gasteiger partial charge in [-0.1, -0.05) is 23.7 Å². The molecule has 1 aliphatic heterocycles. The third-order valence-corrected chi connectivity index (χ3v) is 4.99. The number of carbonyl (C=O) groups is 1. The molecule has 0 unspecified atom stereocenters. The van der Waals surface area contributed by atoms with Gasteiger partial charge < -0.3 is 9.80 Å². The molecular weight excluding hydrogens is 367 g/mol. The van der Waals surface area contributed by atoms with Gasteiger partial charge in [0.25, 0.3) is 0 Å². The minimum Gasteiger partial charge on any atom is -0.352 e. The number of aromatic nitrogens is 2. The molecule has 3 aromatic rings. The third-order valence-electron chi connectivity index (χ3n) is 4.75. The van der Waals surface area contributed by atoms with E-state index in [9.17, 15) is 9.18 Å². The summed E-state index contributed by atoms with van der Waals surface area (Å²) >= 11 is 5.99. The van der Waals surface area contributed by atoms with Crippen molar-refractivity contribution in [2.45, 2.75) is 6.42 Å². The molecule has 0 atom stereocenters. The number of carbonyl (C=O) groups excluding carboxylic acids is 1. The smallest absolute Gasteiger partial charge is 0.227 e. The molecular formula is C20H18ClFN4O. The molecule has 1 aliphatic rings. The number of anilines is 1. The number of nitrogens with zero attached hydrogens (tertiary/aromatic N) is 4. The van der Waals surface area contributed by atoms with Crippen LogP contribution in [0.4, 0.5) is 10.2 Å². The Labute approximate surface area is 161 Å². The molecule has 7 heteroatoms. The average molecular weight is 385 g/mol. The van der Waals surface area contributed by atoms with Crippen LogP contribution in [-0.4, -0.2) is 47.0 Å². The van der Waals surface area contributed by atoms with E-state index < -0.39 is 0 Å². The first-order valence-electron chi connectivity index (χ1n) is 8.77. The van der Waals surface area contributed by atoms with Gasteiger partial charge in [-0.05, 0) is 35.9 Å². The van der Waals surface area contributed by atoms with Gasteiger partial charge in [0.2, 0.25) is 5.91 Å². The zero-order chi connectivity index (χ0) is 18.8. The molecule has 4 rings (SSSR count). The molecule has 0 N–H and O–H groups in total. The summed E-state index contributed by atoms with van der Waals surface area (Å²) in [7, 11) is 0. The second-order valence-corrected chi connectivity index (χ2v) is 6.97. The quantitative estimate of drug-likeness (QED) is 0.695. The highest BCUT2D eigenvalue weighted by molar-refractivity contribution is 6.30. The highest BCUT2D eigenvalue weighted by Crippen LogP contribution is 2.24. The fourth-order valence-electron chi connectivity index (χ4n) is 3.37. The second kappa shape index (κ2) is 7.48. The molecule has 1 aromatic heterocycles. The Morgan fingerprint density at radius 1 is 1.07 bits per heavy atom. The standard InChI is InChI=1S/C20H18ClFN4O/c21-15-3-1-2-14(10-15)11-19(27)25-6-8-26(9-7-25)20-17-12-16(22)4-5-18(17)23-13-24-20/h1-5,10,12-13H,6-9,11H2. The summed E-state index contributed by atoms with van der Waals surface area (Å²) in [5.41, 5.74) is 1.62. The summed E-state index contributed by atoms with van der Waals surface area (Å²) in [4.78, 5) is 25.0. The number of hydrogen-bond donors (Lipinski definition) is 0. The Morgan fingerprint density at radius 2 is 1.89 bits per heavy atom. The predicted octanol–water partition coefficient (Wildman–Crippen LogP) is 3.31. The molecule has 1 amide bonds. The van der Waals surface area contributed by atoms with Crippen LogP contribution in [0.15, 0.2) is 48.8 Å². The Morgan fingerprint density at radius 3 is 2.67 bits per heavy atom. The zero-order valence-corrected chi connectivity index (χ0v) is 15.4. The molecule has 0 aliphatic carbocycles. The molecule has 1 saturated heterocycles. The zero-order valence-electron chi connectivity index (χ0n) is 14.6. The number of hydrogen-bond acceptors (Lipinski definition) is 4. The van der Waals surface area contributed by atoms with Crippen LogP contribution in [0.3, 0.4) is 0 Å². The number of fused-ring (bicyclic) bond motifs is 1. The van der Waals surface area contributed by atoms with Crippen LogP contribution in [0.5, 0.6) is 0 Å². The summed E-state index contributed by atoms with van der Waals surface area (Å²) < 4.78 is 13.7. The van der Waals surface area contributed by atoms with E-state index in [1.807, 2.05) is 23.1 Å². The number of benzene rings is 2. The molecule has 0 saturated carbocycles. The van der Waals surface area contributed by atoms with E-state index in [0.29, 0.717) is 54.3 Å². The van der Waals surface area contributed by atoms with Crippen molar-refractivity contribution in [1.82, 2.24) is 14.9 Å². The van der Waals surface area contributed by atoms with Crippen LogP contribution in [0.1, 0.15) is 5.56 Å². The Kier molecular flexibility index (Phi) is 4.90. The number of rotatable bonds is 3. The topological polar surface area (TPSA) is 49.3 Å². The first-order chi connectivity index (χ1) is 13.1. The lowest BCUT2D eigenvalue weighted by Gasteiger charge is -2.35. The molecule has 27 heavy (non-hydrogen) atoms. The maximum atomic E-state index is 13.7. The molecule has 2 aromatic carbocycles. The van der Waals surface area contributed by atoms with E-state index in [2.05, 4.69) is 14.9 Å². The van der Waals surface area contributed by atoms with Gasteiger partial charge in [0.05, 0.1) is 11.9 Å². The predicted molar refractivity (Wildman–Crippen MR) is 103 cm³/mol. The van der Waals surface area contributed by atoms with E-state index >= 15 is 0 Å². The SMILES string of the molecule is O=C(Cc1cccc(Cl)c1)N1CCN(c2ncnc3ccc(F)cc23)CC1. The Balaban J connectivity index is 1.45. The van der Waals surface area contributed by atoms with Gasteiger partial charge in [0, 0.05) is 36.6 Å². The average Bonchev–Trinajstić information content (AvgIpc) is 2.67. The van der Waals surface area contributed by atoms with E-state index in [0.717, 1.165) is 5.56 Å². The first-order valence-corrected chi connectivity index (χ1v) is 9.15. The molecule has 0 bridgehead atoms. The highest BCUT2D eigenvalue weighted by Gasteiger charge is 2.23. The van der Waals surface area contributed by atoms with Gasteiger partial charge in [0.1, 0.15) is 18.0 Å². The number of amides is 1. The van der Waals surface area contributed by atoms with Gasteiger partial charge in [-0.2, -0.15) is 0 Å². The molecule has 5 nitrogen and oxygen atoms in total. The highest BCUT2D eigenvalue weighted by atomic mass is 35.5. The largest absolute Gasteiger partial charge is 0.352 e. The van der Waals surface area contributed by atoms with Crippen LogP contribution in [0.25, 0.3) is 10.9 Å². The normalized spacial score (nSPS) is 14.6. The lowest BCUT2D eigenvalue weighted by molar-refractivity contribution is -0.130. The maximum absolute atomic E-state index is 13.7. The van der Waals surface area contributed by atoms with E-state index in [-0.39, 0.29) is 11.7 Å². The number of piperazine rings is 1. The van der Waals surface area contributed by atoms with Gasteiger partial charge in [-0.15, -0.1) is 0 Å². The fraction of sp³-hybridized carbons (Fsp3) is 0.250. The van der Waals surface area contributed by atoms with Gasteiger partial charge >= 0.3 is 0 Å². The van der Waals surface area contributed by atoms with Gasteiger partial charge in [0.15, 0.2) is 0 Å². The molecule has 0 radical (unpaired) electrons. The van der Waals surface area contributed by atoms with Crippen molar-refractivity contribution in [2.24, 2.45) is 0 Å². The van der Waals surface area contributed by atoms with Crippen LogP contribution >= 0.6 is 11.6 Å². The molecule has 0 spiro atoms. The molecule has 138 valence electrons. The van der Waals surface area contributed by atoms with Crippen molar-refractivity contribution >= 4 is 34.2 Å². The van der Waals surface area contributed by atoms with Crippen LogP contribution in [-0.2, 0) is 11.2 Å². The summed E-state index contributed by atoms with van der Waals surface area (Å²) in [5, 5.41) is 1.32. The van der Waals surface area contributed by atoms with Crippen molar-refractivity contribution in [3.63, 3.8) is 0 Å². The van der Waals surface area contributed by atoms with Crippen molar-refractivity contribution in [3.05, 3.63) is 65.2 Å². The second-order valence-electron chi connectivity index (χ2n) is 6.53. The number of halogens is 2. The van der Waals surface area contributed by atoms with Gasteiger partial charge in [-0.3, -0.25) is 4.79 Å². The van der Waals surface area contributed by atoms with Crippen molar-refractivity contribution in [1.29, 1.82) is 0 Å². The summed E-state index contributed by atoms with van der Waals surface area (Å²) in [5.74, 6) is 0.478. The van der Waals surface area contributed by atoms with E-state index in [1.165, 1.54) is 18.5 Å².